The number of carbonyl (C=O) groups is 1. The molecule has 0 aromatic heterocycles. The summed E-state index contributed by atoms with van der Waals surface area (Å²) in [5.74, 6) is -0.439. The van der Waals surface area contributed by atoms with Gasteiger partial charge in [-0.25, -0.2) is 0 Å². The molecule has 0 aromatic carbocycles. The van der Waals surface area contributed by atoms with Gasteiger partial charge in [-0.1, -0.05) is 0 Å². The Morgan fingerprint density at radius 2 is 1.78 bits per heavy atom. The first kappa shape index (κ1) is 17.3. The van der Waals surface area contributed by atoms with Gasteiger partial charge in [0.2, 0.25) is 5.91 Å². The van der Waals surface area contributed by atoms with Crippen LogP contribution in [0.3, 0.4) is 0 Å². The molecule has 7 heteroatoms. The summed E-state index contributed by atoms with van der Waals surface area (Å²) in [6.07, 6.45) is -3.68. The van der Waals surface area contributed by atoms with Crippen LogP contribution in [0.4, 0.5) is 0 Å². The quantitative estimate of drug-likeness (QED) is 0.417. The normalized spacial score (nSPS) is 16.7. The number of ether oxygens (including phenoxy) is 2. The van der Waals surface area contributed by atoms with Crippen molar-refractivity contribution in [3.8, 4) is 0 Å². The fourth-order valence-corrected chi connectivity index (χ4v) is 1.26. The minimum Gasteiger partial charge on any atom is -0.394 e. The average Bonchev–Trinajstić information content (AvgIpc) is 2.23. The summed E-state index contributed by atoms with van der Waals surface area (Å²) >= 11 is 0. The van der Waals surface area contributed by atoms with Gasteiger partial charge in [-0.3, -0.25) is 4.79 Å². The van der Waals surface area contributed by atoms with E-state index in [0.717, 1.165) is 0 Å². The molecule has 0 fully saturated rings. The van der Waals surface area contributed by atoms with Crippen molar-refractivity contribution in [3.63, 3.8) is 0 Å². The molecule has 0 aliphatic carbocycles. The van der Waals surface area contributed by atoms with Crippen molar-refractivity contribution in [2.75, 3.05) is 6.61 Å². The Bertz CT molecular complexity index is 246. The summed E-state index contributed by atoms with van der Waals surface area (Å²) in [7, 11) is 0. The van der Waals surface area contributed by atoms with Crippen LogP contribution in [0.1, 0.15) is 27.7 Å². The van der Waals surface area contributed by atoms with E-state index < -0.39 is 30.6 Å². The Kier molecular flexibility index (Phi) is 8.05. The van der Waals surface area contributed by atoms with E-state index in [2.05, 4.69) is 5.32 Å². The first-order valence-corrected chi connectivity index (χ1v) is 5.83. The molecule has 0 aliphatic heterocycles. The Labute approximate surface area is 107 Å². The predicted octanol–water partition coefficient (Wildman–Crippen LogP) is -1.05. The van der Waals surface area contributed by atoms with Crippen LogP contribution in [0.5, 0.6) is 0 Å². The average molecular weight is 265 g/mol. The van der Waals surface area contributed by atoms with Gasteiger partial charge in [0.25, 0.3) is 0 Å². The predicted molar refractivity (Wildman–Crippen MR) is 63.5 cm³/mol. The van der Waals surface area contributed by atoms with Crippen LogP contribution >= 0.6 is 0 Å². The summed E-state index contributed by atoms with van der Waals surface area (Å²) in [6.45, 7) is 6.10. The van der Waals surface area contributed by atoms with E-state index in [1.807, 2.05) is 0 Å². The van der Waals surface area contributed by atoms with Gasteiger partial charge in [0, 0.05) is 6.92 Å². The molecule has 0 saturated heterocycles. The standard InChI is InChI=1S/C11H23NO6/c1-6(2)17-11(18-7(3)5-13)9(10(15)16)12-8(4)14/h6-7,9-11,13,15-16H,5H2,1-4H3,(H,12,14). The highest BCUT2D eigenvalue weighted by Gasteiger charge is 2.31. The van der Waals surface area contributed by atoms with Crippen molar-refractivity contribution >= 4 is 5.91 Å². The molecule has 1 amide bonds. The van der Waals surface area contributed by atoms with Gasteiger partial charge in [0.1, 0.15) is 6.04 Å². The number of nitrogens with one attached hydrogen (secondary N) is 1. The Balaban J connectivity index is 4.78. The molecule has 0 spiro atoms. The van der Waals surface area contributed by atoms with Crippen LogP contribution in [-0.2, 0) is 14.3 Å². The molecule has 3 unspecified atom stereocenters. The fourth-order valence-electron chi connectivity index (χ4n) is 1.26. The molecule has 18 heavy (non-hydrogen) atoms. The lowest BCUT2D eigenvalue weighted by molar-refractivity contribution is -0.235. The third-order valence-electron chi connectivity index (χ3n) is 2.01. The lowest BCUT2D eigenvalue weighted by Gasteiger charge is -2.31. The second-order valence-electron chi connectivity index (χ2n) is 4.32. The molecule has 0 aromatic rings. The van der Waals surface area contributed by atoms with Crippen LogP contribution in [0.2, 0.25) is 0 Å². The highest BCUT2D eigenvalue weighted by atomic mass is 16.7. The minimum absolute atomic E-state index is 0.240. The summed E-state index contributed by atoms with van der Waals surface area (Å²) in [6, 6.07) is -1.13. The van der Waals surface area contributed by atoms with Crippen molar-refractivity contribution in [2.24, 2.45) is 0 Å². The number of aliphatic hydroxyl groups excluding tert-OH is 2. The first-order chi connectivity index (χ1) is 8.27. The van der Waals surface area contributed by atoms with Crippen molar-refractivity contribution in [1.29, 1.82) is 0 Å². The molecular formula is C11H23NO6. The van der Waals surface area contributed by atoms with Crippen LogP contribution in [0.25, 0.3) is 0 Å². The summed E-state index contributed by atoms with van der Waals surface area (Å²) in [5.41, 5.74) is 0. The van der Waals surface area contributed by atoms with Gasteiger partial charge in [-0.2, -0.15) is 0 Å². The smallest absolute Gasteiger partial charge is 0.217 e. The maximum Gasteiger partial charge on any atom is 0.217 e. The maximum atomic E-state index is 11.0. The Morgan fingerprint density at radius 3 is 2.11 bits per heavy atom. The second-order valence-corrected chi connectivity index (χ2v) is 4.32. The third kappa shape index (κ3) is 6.87. The van der Waals surface area contributed by atoms with Gasteiger partial charge in [-0.05, 0) is 20.8 Å². The SMILES string of the molecule is CC(=O)NC(C(O)O)C(OC(C)C)OC(C)CO. The van der Waals surface area contributed by atoms with E-state index in [1.165, 1.54) is 6.92 Å². The zero-order chi connectivity index (χ0) is 14.3. The van der Waals surface area contributed by atoms with Gasteiger partial charge in [-0.15, -0.1) is 0 Å². The van der Waals surface area contributed by atoms with Gasteiger partial charge >= 0.3 is 0 Å². The Morgan fingerprint density at radius 1 is 1.22 bits per heavy atom. The van der Waals surface area contributed by atoms with E-state index in [4.69, 9.17) is 14.6 Å². The van der Waals surface area contributed by atoms with Crippen molar-refractivity contribution in [1.82, 2.24) is 5.32 Å². The van der Waals surface area contributed by atoms with Gasteiger partial charge in [0.15, 0.2) is 12.6 Å². The van der Waals surface area contributed by atoms with E-state index in [0.29, 0.717) is 0 Å². The largest absolute Gasteiger partial charge is 0.394 e. The van der Waals surface area contributed by atoms with Crippen LogP contribution in [0, 0.1) is 0 Å². The molecule has 3 atom stereocenters. The second kappa shape index (κ2) is 8.39. The monoisotopic (exact) mass is 265 g/mol. The van der Waals surface area contributed by atoms with E-state index in [-0.39, 0.29) is 12.7 Å². The van der Waals surface area contributed by atoms with E-state index >= 15 is 0 Å². The number of hydrogen-bond acceptors (Lipinski definition) is 6. The molecule has 7 nitrogen and oxygen atoms in total. The Hall–Kier alpha value is -0.730. The summed E-state index contributed by atoms with van der Waals surface area (Å²) in [4.78, 5) is 11.0. The highest BCUT2D eigenvalue weighted by Crippen LogP contribution is 2.11. The first-order valence-electron chi connectivity index (χ1n) is 5.83. The summed E-state index contributed by atoms with van der Waals surface area (Å²) in [5, 5.41) is 29.8. The molecular weight excluding hydrogens is 242 g/mol. The number of rotatable bonds is 8. The molecule has 0 heterocycles. The third-order valence-corrected chi connectivity index (χ3v) is 2.01. The van der Waals surface area contributed by atoms with Crippen molar-refractivity contribution in [3.05, 3.63) is 0 Å². The zero-order valence-corrected chi connectivity index (χ0v) is 11.2. The molecule has 0 bridgehead atoms. The van der Waals surface area contributed by atoms with Crippen molar-refractivity contribution < 1.29 is 29.6 Å². The van der Waals surface area contributed by atoms with Crippen LogP contribution < -0.4 is 5.32 Å². The molecule has 0 radical (unpaired) electrons. The van der Waals surface area contributed by atoms with Gasteiger partial charge < -0.3 is 30.1 Å². The molecule has 0 rings (SSSR count). The number of hydrogen-bond donors (Lipinski definition) is 4. The number of aliphatic hydroxyl groups is 3. The lowest BCUT2D eigenvalue weighted by atomic mass is 10.2. The molecule has 108 valence electrons. The maximum absolute atomic E-state index is 11.0. The van der Waals surface area contributed by atoms with Crippen LogP contribution in [-0.4, -0.2) is 58.7 Å². The van der Waals surface area contributed by atoms with E-state index in [1.54, 1.807) is 20.8 Å². The highest BCUT2D eigenvalue weighted by molar-refractivity contribution is 5.73. The minimum atomic E-state index is -1.83. The lowest BCUT2D eigenvalue weighted by Crippen LogP contribution is -2.53. The molecule has 4 N–H and O–H groups in total. The van der Waals surface area contributed by atoms with Crippen molar-refractivity contribution in [2.45, 2.75) is 58.5 Å². The molecule has 0 saturated carbocycles. The zero-order valence-electron chi connectivity index (χ0n) is 11.2. The van der Waals surface area contributed by atoms with Crippen LogP contribution in [0.15, 0.2) is 0 Å². The number of amides is 1. The van der Waals surface area contributed by atoms with Gasteiger partial charge in [0.05, 0.1) is 18.8 Å². The topological polar surface area (TPSA) is 108 Å². The summed E-state index contributed by atoms with van der Waals surface area (Å²) < 4.78 is 10.7. The fraction of sp³-hybridized carbons (Fsp3) is 0.909. The number of carbonyl (C=O) groups excluding carboxylic acids is 1. The van der Waals surface area contributed by atoms with E-state index in [9.17, 15) is 15.0 Å². The molecule has 0 aliphatic rings.